The number of aryl methyl sites for hydroxylation is 3. The number of rotatable bonds is 5. The van der Waals surface area contributed by atoms with Crippen LogP contribution in [-0.2, 0) is 16.6 Å². The molecule has 0 heterocycles. The highest BCUT2D eigenvalue weighted by Gasteiger charge is 2.25. The first kappa shape index (κ1) is 19.0. The van der Waals surface area contributed by atoms with Crippen LogP contribution in [-0.4, -0.2) is 17.2 Å². The Bertz CT molecular complexity index is 746. The fourth-order valence-electron chi connectivity index (χ4n) is 3.24. The van der Waals surface area contributed by atoms with Gasteiger partial charge in [0.1, 0.15) is 5.75 Å². The van der Waals surface area contributed by atoms with Crippen LogP contribution in [0.15, 0.2) is 36.4 Å². The molecule has 0 spiro atoms. The highest BCUT2D eigenvalue weighted by atomic mass is 16.5. The Morgan fingerprint density at radius 3 is 2.16 bits per heavy atom. The first-order valence-corrected chi connectivity index (χ1v) is 8.65. The van der Waals surface area contributed by atoms with E-state index < -0.39 is 12.1 Å². The standard InChI is InChI=1S/C22H28O3/c1-14-11-15(2)17(16(3)12-14)13-20(21(23)24)25-19-10-8-7-9-18(19)22(4,5)6/h7-12,20H,13H2,1-6H3,(H,23,24)/t20-/m0/s1. The average Bonchev–Trinajstić information content (AvgIpc) is 2.48. The van der Waals surface area contributed by atoms with E-state index in [9.17, 15) is 9.90 Å². The van der Waals surface area contributed by atoms with Crippen molar-refractivity contribution in [3.8, 4) is 5.75 Å². The number of carboxylic acids is 1. The molecule has 2 aromatic carbocycles. The van der Waals surface area contributed by atoms with Crippen LogP contribution < -0.4 is 4.74 Å². The van der Waals surface area contributed by atoms with Gasteiger partial charge in [0, 0.05) is 6.42 Å². The highest BCUT2D eigenvalue weighted by Crippen LogP contribution is 2.32. The van der Waals surface area contributed by atoms with E-state index in [-0.39, 0.29) is 5.41 Å². The lowest BCUT2D eigenvalue weighted by Gasteiger charge is -2.25. The molecule has 1 atom stereocenters. The fourth-order valence-corrected chi connectivity index (χ4v) is 3.24. The van der Waals surface area contributed by atoms with Crippen molar-refractivity contribution in [2.45, 2.75) is 59.5 Å². The molecule has 3 nitrogen and oxygen atoms in total. The maximum Gasteiger partial charge on any atom is 0.345 e. The van der Waals surface area contributed by atoms with E-state index in [1.54, 1.807) is 0 Å². The van der Waals surface area contributed by atoms with E-state index >= 15 is 0 Å². The van der Waals surface area contributed by atoms with Gasteiger partial charge in [0.25, 0.3) is 0 Å². The smallest absolute Gasteiger partial charge is 0.345 e. The molecule has 134 valence electrons. The van der Waals surface area contributed by atoms with E-state index in [1.807, 2.05) is 38.1 Å². The van der Waals surface area contributed by atoms with Gasteiger partial charge in [0.2, 0.25) is 0 Å². The molecule has 0 aliphatic rings. The minimum Gasteiger partial charge on any atom is -0.478 e. The maximum atomic E-state index is 11.8. The van der Waals surface area contributed by atoms with Crippen LogP contribution in [0.25, 0.3) is 0 Å². The average molecular weight is 340 g/mol. The lowest BCUT2D eigenvalue weighted by Crippen LogP contribution is -2.31. The number of hydrogen-bond donors (Lipinski definition) is 1. The number of hydrogen-bond acceptors (Lipinski definition) is 2. The fraction of sp³-hybridized carbons (Fsp3) is 0.409. The van der Waals surface area contributed by atoms with Crippen LogP contribution in [0, 0.1) is 20.8 Å². The Hall–Kier alpha value is -2.29. The number of carbonyl (C=O) groups is 1. The van der Waals surface area contributed by atoms with Gasteiger partial charge >= 0.3 is 5.97 Å². The summed E-state index contributed by atoms with van der Waals surface area (Å²) in [5, 5.41) is 9.70. The number of carboxylic acid groups (broad SMARTS) is 1. The molecule has 0 bridgehead atoms. The number of aliphatic carboxylic acids is 1. The third kappa shape index (κ3) is 4.62. The zero-order valence-corrected chi connectivity index (χ0v) is 16.0. The van der Waals surface area contributed by atoms with Crippen LogP contribution in [0.5, 0.6) is 5.75 Å². The lowest BCUT2D eigenvalue weighted by atomic mass is 9.86. The van der Waals surface area contributed by atoms with Crippen molar-refractivity contribution in [2.24, 2.45) is 0 Å². The second-order valence-electron chi connectivity index (χ2n) is 7.77. The van der Waals surface area contributed by atoms with Crippen LogP contribution in [0.3, 0.4) is 0 Å². The summed E-state index contributed by atoms with van der Waals surface area (Å²) < 4.78 is 5.98. The van der Waals surface area contributed by atoms with Crippen molar-refractivity contribution in [2.75, 3.05) is 0 Å². The number of ether oxygens (including phenoxy) is 1. The van der Waals surface area contributed by atoms with E-state index in [1.165, 1.54) is 5.56 Å². The lowest BCUT2D eigenvalue weighted by molar-refractivity contribution is -0.145. The number of benzene rings is 2. The van der Waals surface area contributed by atoms with Gasteiger partial charge in [-0.1, -0.05) is 56.7 Å². The van der Waals surface area contributed by atoms with Crippen molar-refractivity contribution in [3.05, 3.63) is 64.2 Å². The molecule has 0 aromatic heterocycles. The molecule has 2 rings (SSSR count). The molecule has 3 heteroatoms. The zero-order chi connectivity index (χ0) is 18.8. The second-order valence-corrected chi connectivity index (χ2v) is 7.77. The van der Waals surface area contributed by atoms with Gasteiger partial charge in [-0.05, 0) is 54.5 Å². The van der Waals surface area contributed by atoms with Gasteiger partial charge in [-0.15, -0.1) is 0 Å². The predicted octanol–water partition coefficient (Wildman–Crippen LogP) is 4.98. The number of para-hydroxylation sites is 1. The van der Waals surface area contributed by atoms with Gasteiger partial charge in [0.15, 0.2) is 6.10 Å². The minimum atomic E-state index is -0.942. The Morgan fingerprint density at radius 2 is 1.64 bits per heavy atom. The quantitative estimate of drug-likeness (QED) is 0.834. The van der Waals surface area contributed by atoms with Gasteiger partial charge in [-0.3, -0.25) is 0 Å². The first-order chi connectivity index (χ1) is 11.6. The zero-order valence-electron chi connectivity index (χ0n) is 16.0. The Kier molecular flexibility index (Phi) is 5.56. The topological polar surface area (TPSA) is 46.5 Å². The molecular weight excluding hydrogens is 312 g/mol. The van der Waals surface area contributed by atoms with Gasteiger partial charge in [0.05, 0.1) is 0 Å². The molecule has 0 aliphatic heterocycles. The summed E-state index contributed by atoms with van der Waals surface area (Å²) in [5.41, 5.74) is 5.34. The first-order valence-electron chi connectivity index (χ1n) is 8.65. The van der Waals surface area contributed by atoms with Crippen molar-refractivity contribution in [1.82, 2.24) is 0 Å². The third-order valence-electron chi connectivity index (χ3n) is 4.47. The van der Waals surface area contributed by atoms with E-state index in [0.29, 0.717) is 12.2 Å². The van der Waals surface area contributed by atoms with Crippen molar-refractivity contribution in [3.63, 3.8) is 0 Å². The molecule has 1 N–H and O–H groups in total. The summed E-state index contributed by atoms with van der Waals surface area (Å²) >= 11 is 0. The monoisotopic (exact) mass is 340 g/mol. The SMILES string of the molecule is Cc1cc(C)c(C[C@H](Oc2ccccc2C(C)(C)C)C(=O)O)c(C)c1. The molecule has 0 unspecified atom stereocenters. The third-order valence-corrected chi connectivity index (χ3v) is 4.47. The summed E-state index contributed by atoms with van der Waals surface area (Å²) in [6.07, 6.45) is -0.560. The maximum absolute atomic E-state index is 11.8. The molecule has 0 aliphatic carbocycles. The normalized spacial score (nSPS) is 12.7. The highest BCUT2D eigenvalue weighted by molar-refractivity contribution is 5.73. The summed E-state index contributed by atoms with van der Waals surface area (Å²) in [4.78, 5) is 11.8. The van der Waals surface area contributed by atoms with Crippen molar-refractivity contribution < 1.29 is 14.6 Å². The molecular formula is C22H28O3. The van der Waals surface area contributed by atoms with Crippen molar-refractivity contribution in [1.29, 1.82) is 0 Å². The van der Waals surface area contributed by atoms with Gasteiger partial charge < -0.3 is 9.84 Å². The minimum absolute atomic E-state index is 0.116. The van der Waals surface area contributed by atoms with Gasteiger partial charge in [-0.2, -0.15) is 0 Å². The van der Waals surface area contributed by atoms with Crippen LogP contribution in [0.4, 0.5) is 0 Å². The summed E-state index contributed by atoms with van der Waals surface area (Å²) in [6.45, 7) is 12.4. The largest absolute Gasteiger partial charge is 0.478 e. The van der Waals surface area contributed by atoms with Gasteiger partial charge in [-0.25, -0.2) is 4.79 Å². The second kappa shape index (κ2) is 7.30. The van der Waals surface area contributed by atoms with Crippen molar-refractivity contribution >= 4 is 5.97 Å². The Balaban J connectivity index is 2.35. The molecule has 0 fully saturated rings. The van der Waals surface area contributed by atoms with E-state index in [2.05, 4.69) is 39.8 Å². The molecule has 25 heavy (non-hydrogen) atoms. The van der Waals surface area contributed by atoms with Crippen LogP contribution >= 0.6 is 0 Å². The molecule has 0 radical (unpaired) electrons. The molecule has 0 saturated heterocycles. The summed E-state index contributed by atoms with van der Waals surface area (Å²) in [6, 6.07) is 11.9. The molecule has 2 aromatic rings. The predicted molar refractivity (Wildman–Crippen MR) is 102 cm³/mol. The molecule has 0 amide bonds. The summed E-state index contributed by atoms with van der Waals surface area (Å²) in [5.74, 6) is -0.298. The van der Waals surface area contributed by atoms with Crippen LogP contribution in [0.2, 0.25) is 0 Å². The summed E-state index contributed by atoms with van der Waals surface area (Å²) in [7, 11) is 0. The Morgan fingerprint density at radius 1 is 1.08 bits per heavy atom. The van der Waals surface area contributed by atoms with Crippen LogP contribution in [0.1, 0.15) is 48.6 Å². The Labute approximate surface area is 150 Å². The molecule has 0 saturated carbocycles. The van der Waals surface area contributed by atoms with E-state index in [0.717, 1.165) is 22.3 Å². The van der Waals surface area contributed by atoms with E-state index in [4.69, 9.17) is 4.74 Å².